The van der Waals surface area contributed by atoms with Gasteiger partial charge < -0.3 is 5.11 Å². The van der Waals surface area contributed by atoms with Crippen LogP contribution in [0.5, 0.6) is 0 Å². The molecule has 3 heteroatoms. The van der Waals surface area contributed by atoms with Crippen LogP contribution in [-0.2, 0) is 5.60 Å². The van der Waals surface area contributed by atoms with E-state index in [2.05, 4.69) is 9.97 Å². The van der Waals surface area contributed by atoms with Crippen molar-refractivity contribution in [3.8, 4) is 0 Å². The van der Waals surface area contributed by atoms with Crippen LogP contribution in [0.4, 0.5) is 0 Å². The van der Waals surface area contributed by atoms with Crippen LogP contribution in [-0.4, -0.2) is 15.1 Å². The lowest BCUT2D eigenvalue weighted by atomic mass is 9.85. The van der Waals surface area contributed by atoms with E-state index >= 15 is 0 Å². The summed E-state index contributed by atoms with van der Waals surface area (Å²) in [6.07, 6.45) is 9.58. The largest absolute Gasteiger partial charge is 0.383 e. The van der Waals surface area contributed by atoms with Crippen LogP contribution in [0, 0.1) is 5.92 Å². The molecule has 0 spiro atoms. The molecule has 14 heavy (non-hydrogen) atoms. The zero-order chi connectivity index (χ0) is 10.0. The fourth-order valence-corrected chi connectivity index (χ4v) is 2.26. The Balaban J connectivity index is 2.22. The highest BCUT2D eigenvalue weighted by atomic mass is 16.3. The number of nitrogens with zero attached hydrogens (tertiary/aromatic N) is 2. The first kappa shape index (κ1) is 9.59. The lowest BCUT2D eigenvalue weighted by Crippen LogP contribution is -2.31. The van der Waals surface area contributed by atoms with Crippen LogP contribution < -0.4 is 0 Å². The molecule has 0 aromatic carbocycles. The normalized spacial score (nSPS) is 22.1. The van der Waals surface area contributed by atoms with Gasteiger partial charge in [0.2, 0.25) is 0 Å². The van der Waals surface area contributed by atoms with Gasteiger partial charge in [-0.1, -0.05) is 12.8 Å². The molecule has 0 bridgehead atoms. The Morgan fingerprint density at radius 3 is 2.64 bits per heavy atom. The van der Waals surface area contributed by atoms with Crippen molar-refractivity contribution in [1.29, 1.82) is 0 Å². The topological polar surface area (TPSA) is 46.0 Å². The van der Waals surface area contributed by atoms with E-state index in [-0.39, 0.29) is 0 Å². The molecule has 1 saturated carbocycles. The summed E-state index contributed by atoms with van der Waals surface area (Å²) in [5, 5.41) is 10.4. The monoisotopic (exact) mass is 192 g/mol. The summed E-state index contributed by atoms with van der Waals surface area (Å²) in [4.78, 5) is 8.18. The Bertz CT molecular complexity index is 291. The Morgan fingerprint density at radius 1 is 1.36 bits per heavy atom. The predicted molar refractivity (Wildman–Crippen MR) is 53.6 cm³/mol. The number of hydrogen-bond acceptors (Lipinski definition) is 3. The minimum absolute atomic E-state index is 0.346. The Kier molecular flexibility index (Phi) is 2.50. The molecule has 1 unspecified atom stereocenters. The molecule has 3 nitrogen and oxygen atoms in total. The van der Waals surface area contributed by atoms with Crippen LogP contribution >= 0.6 is 0 Å². The molecule has 1 aliphatic carbocycles. The second kappa shape index (κ2) is 3.65. The van der Waals surface area contributed by atoms with Crippen LogP contribution in [0.1, 0.15) is 38.3 Å². The molecule has 1 atom stereocenters. The van der Waals surface area contributed by atoms with Crippen molar-refractivity contribution in [3.05, 3.63) is 24.3 Å². The van der Waals surface area contributed by atoms with Crippen molar-refractivity contribution < 1.29 is 5.11 Å². The SMILES string of the molecule is CC(O)(c1cnccn1)C1CCCC1. The molecule has 0 saturated heterocycles. The zero-order valence-electron chi connectivity index (χ0n) is 8.48. The number of aliphatic hydroxyl groups is 1. The van der Waals surface area contributed by atoms with Crippen LogP contribution in [0.25, 0.3) is 0 Å². The van der Waals surface area contributed by atoms with Gasteiger partial charge in [0.1, 0.15) is 5.60 Å². The lowest BCUT2D eigenvalue weighted by molar-refractivity contribution is -0.00768. The molecule has 0 amide bonds. The highest BCUT2D eigenvalue weighted by Gasteiger charge is 2.36. The van der Waals surface area contributed by atoms with Crippen molar-refractivity contribution in [2.75, 3.05) is 0 Å². The molecular weight excluding hydrogens is 176 g/mol. The first-order chi connectivity index (χ1) is 6.71. The highest BCUT2D eigenvalue weighted by molar-refractivity contribution is 5.09. The van der Waals surface area contributed by atoms with E-state index < -0.39 is 5.60 Å². The van der Waals surface area contributed by atoms with E-state index in [1.165, 1.54) is 12.8 Å². The molecule has 1 aromatic rings. The van der Waals surface area contributed by atoms with Crippen molar-refractivity contribution in [1.82, 2.24) is 9.97 Å². The van der Waals surface area contributed by atoms with E-state index in [1.54, 1.807) is 18.6 Å². The van der Waals surface area contributed by atoms with E-state index in [1.807, 2.05) is 6.92 Å². The Morgan fingerprint density at radius 2 is 2.07 bits per heavy atom. The number of hydrogen-bond donors (Lipinski definition) is 1. The highest BCUT2D eigenvalue weighted by Crippen LogP contribution is 2.38. The van der Waals surface area contributed by atoms with Gasteiger partial charge in [-0.2, -0.15) is 0 Å². The van der Waals surface area contributed by atoms with E-state index in [0.29, 0.717) is 11.6 Å². The fourth-order valence-electron chi connectivity index (χ4n) is 2.26. The Labute approximate surface area is 84.2 Å². The number of aromatic nitrogens is 2. The second-order valence-corrected chi connectivity index (χ2v) is 4.22. The maximum atomic E-state index is 10.4. The molecule has 76 valence electrons. The standard InChI is InChI=1S/C11H16N2O/c1-11(14,9-4-2-3-5-9)10-8-12-6-7-13-10/h6-9,14H,2-5H2,1H3. The summed E-state index contributed by atoms with van der Waals surface area (Å²) in [7, 11) is 0. The molecule has 2 rings (SSSR count). The van der Waals surface area contributed by atoms with E-state index in [9.17, 15) is 5.11 Å². The van der Waals surface area contributed by atoms with Crippen molar-refractivity contribution in [2.45, 2.75) is 38.2 Å². The van der Waals surface area contributed by atoms with Gasteiger partial charge in [-0.3, -0.25) is 9.97 Å². The zero-order valence-corrected chi connectivity index (χ0v) is 8.48. The summed E-state index contributed by atoms with van der Waals surface area (Å²) in [5.41, 5.74) is -0.1000. The third-order valence-corrected chi connectivity index (χ3v) is 3.23. The molecule has 0 aliphatic heterocycles. The summed E-state index contributed by atoms with van der Waals surface area (Å²) >= 11 is 0. The van der Waals surface area contributed by atoms with Crippen LogP contribution in [0.15, 0.2) is 18.6 Å². The quantitative estimate of drug-likeness (QED) is 0.778. The molecule has 1 aromatic heterocycles. The molecular formula is C11H16N2O. The van der Waals surface area contributed by atoms with E-state index in [0.717, 1.165) is 12.8 Å². The fraction of sp³-hybridized carbons (Fsp3) is 0.636. The van der Waals surface area contributed by atoms with E-state index in [4.69, 9.17) is 0 Å². The minimum atomic E-state index is -0.801. The average Bonchev–Trinajstić information content (AvgIpc) is 2.72. The molecule has 1 heterocycles. The maximum absolute atomic E-state index is 10.4. The van der Waals surface area contributed by atoms with Crippen LogP contribution in [0.3, 0.4) is 0 Å². The molecule has 0 radical (unpaired) electrons. The molecule has 1 N–H and O–H groups in total. The van der Waals surface area contributed by atoms with Gasteiger partial charge in [-0.05, 0) is 25.7 Å². The summed E-state index contributed by atoms with van der Waals surface area (Å²) < 4.78 is 0. The third kappa shape index (κ3) is 1.64. The van der Waals surface area contributed by atoms with Crippen molar-refractivity contribution >= 4 is 0 Å². The van der Waals surface area contributed by atoms with Gasteiger partial charge in [0.15, 0.2) is 0 Å². The molecule has 1 fully saturated rings. The first-order valence-electron chi connectivity index (χ1n) is 5.20. The second-order valence-electron chi connectivity index (χ2n) is 4.22. The Hall–Kier alpha value is -0.960. The smallest absolute Gasteiger partial charge is 0.108 e. The van der Waals surface area contributed by atoms with Gasteiger partial charge in [0.05, 0.1) is 11.9 Å². The third-order valence-electron chi connectivity index (χ3n) is 3.23. The molecule has 1 aliphatic rings. The van der Waals surface area contributed by atoms with Crippen molar-refractivity contribution in [3.63, 3.8) is 0 Å². The maximum Gasteiger partial charge on any atom is 0.108 e. The van der Waals surface area contributed by atoms with Gasteiger partial charge in [-0.15, -0.1) is 0 Å². The lowest BCUT2D eigenvalue weighted by Gasteiger charge is -2.28. The van der Waals surface area contributed by atoms with Gasteiger partial charge in [0, 0.05) is 12.4 Å². The summed E-state index contributed by atoms with van der Waals surface area (Å²) in [6.45, 7) is 1.85. The average molecular weight is 192 g/mol. The minimum Gasteiger partial charge on any atom is -0.383 e. The van der Waals surface area contributed by atoms with Gasteiger partial charge in [0.25, 0.3) is 0 Å². The van der Waals surface area contributed by atoms with Gasteiger partial charge >= 0.3 is 0 Å². The van der Waals surface area contributed by atoms with Gasteiger partial charge in [-0.25, -0.2) is 0 Å². The predicted octanol–water partition coefficient (Wildman–Crippen LogP) is 1.87. The number of rotatable bonds is 2. The summed E-state index contributed by atoms with van der Waals surface area (Å²) in [5.74, 6) is 0.346. The van der Waals surface area contributed by atoms with Crippen molar-refractivity contribution in [2.24, 2.45) is 5.92 Å². The summed E-state index contributed by atoms with van der Waals surface area (Å²) in [6, 6.07) is 0. The first-order valence-corrected chi connectivity index (χ1v) is 5.20. The van der Waals surface area contributed by atoms with Crippen LogP contribution in [0.2, 0.25) is 0 Å².